The highest BCUT2D eigenvalue weighted by molar-refractivity contribution is 7.93. The van der Waals surface area contributed by atoms with E-state index in [-0.39, 0.29) is 11.8 Å². The Morgan fingerprint density at radius 2 is 2.03 bits per heavy atom. The van der Waals surface area contributed by atoms with E-state index in [2.05, 4.69) is 10.3 Å². The van der Waals surface area contributed by atoms with E-state index in [1.54, 1.807) is 18.4 Å². The van der Waals surface area contributed by atoms with E-state index in [0.717, 1.165) is 41.7 Å². The summed E-state index contributed by atoms with van der Waals surface area (Å²) in [6, 6.07) is 7.40. The van der Waals surface area contributed by atoms with Gasteiger partial charge in [0, 0.05) is 23.2 Å². The first kappa shape index (κ1) is 24.0. The van der Waals surface area contributed by atoms with Gasteiger partial charge in [-0.25, -0.2) is 4.98 Å². The second-order valence-electron chi connectivity index (χ2n) is 7.69. The first-order valence-electron chi connectivity index (χ1n) is 10.6. The molecule has 1 aromatic carbocycles. The van der Waals surface area contributed by atoms with Gasteiger partial charge in [0.15, 0.2) is 10.9 Å². The molecule has 0 spiro atoms. The standard InChI is InChI=1S/C22H30N2O5S2/c1-3-19-20(18(26)13-25)23-22(31-19)24-21(27)17(12-14-6-4-5-7-14)15-8-10-16(11-9-15)28-29-30-2/h8-11,14,17-18,25-26H,3-7,12-13H2,1-2H3,(H,23,24,27). The number of aliphatic hydroxyl groups excluding tert-OH is 2. The van der Waals surface area contributed by atoms with Crippen LogP contribution in [-0.2, 0) is 15.5 Å². The van der Waals surface area contributed by atoms with Crippen LogP contribution in [0.5, 0.6) is 5.75 Å². The smallest absolute Gasteiger partial charge is 0.233 e. The SMILES string of the molecule is CCc1sc(NC(=O)C(CC2CCCC2)c2ccc(OOSC)cc2)nc1C(O)CO. The minimum atomic E-state index is -1.04. The third kappa shape index (κ3) is 6.43. The van der Waals surface area contributed by atoms with E-state index < -0.39 is 12.7 Å². The Kier molecular flexibility index (Phi) is 9.15. The van der Waals surface area contributed by atoms with Crippen LogP contribution in [0.1, 0.15) is 67.2 Å². The van der Waals surface area contributed by atoms with E-state index >= 15 is 0 Å². The minimum Gasteiger partial charge on any atom is -0.393 e. The average Bonchev–Trinajstić information content (AvgIpc) is 3.45. The van der Waals surface area contributed by atoms with Crippen molar-refractivity contribution in [1.29, 1.82) is 0 Å². The third-order valence-electron chi connectivity index (χ3n) is 5.61. The predicted octanol–water partition coefficient (Wildman–Crippen LogP) is 4.62. The molecule has 170 valence electrons. The monoisotopic (exact) mass is 466 g/mol. The number of hydrogen-bond donors (Lipinski definition) is 3. The van der Waals surface area contributed by atoms with Crippen molar-refractivity contribution in [1.82, 2.24) is 4.98 Å². The predicted molar refractivity (Wildman–Crippen MR) is 123 cm³/mol. The van der Waals surface area contributed by atoms with Gasteiger partial charge in [-0.15, -0.1) is 15.7 Å². The summed E-state index contributed by atoms with van der Waals surface area (Å²) in [6.07, 6.45) is 6.91. The van der Waals surface area contributed by atoms with Crippen LogP contribution in [0, 0.1) is 5.92 Å². The molecule has 1 aliphatic carbocycles. The third-order valence-corrected chi connectivity index (χ3v) is 6.94. The minimum absolute atomic E-state index is 0.109. The van der Waals surface area contributed by atoms with E-state index in [4.69, 9.17) is 9.22 Å². The summed E-state index contributed by atoms with van der Waals surface area (Å²) in [6.45, 7) is 1.56. The molecule has 1 fully saturated rings. The zero-order valence-electron chi connectivity index (χ0n) is 17.9. The second-order valence-corrected chi connectivity index (χ2v) is 9.25. The van der Waals surface area contributed by atoms with Crippen LogP contribution in [0.4, 0.5) is 5.13 Å². The fourth-order valence-corrected chi connectivity index (χ4v) is 5.12. The number of anilines is 1. The molecule has 9 heteroatoms. The Balaban J connectivity index is 1.78. The molecule has 0 saturated heterocycles. The molecule has 3 rings (SSSR count). The second kappa shape index (κ2) is 11.8. The maximum absolute atomic E-state index is 13.3. The summed E-state index contributed by atoms with van der Waals surface area (Å²) in [4.78, 5) is 23.7. The van der Waals surface area contributed by atoms with E-state index in [1.165, 1.54) is 24.2 Å². The van der Waals surface area contributed by atoms with Crippen molar-refractivity contribution in [3.63, 3.8) is 0 Å². The quantitative estimate of drug-likeness (QED) is 0.252. The largest absolute Gasteiger partial charge is 0.393 e. The summed E-state index contributed by atoms with van der Waals surface area (Å²) >= 11 is 2.46. The molecule has 1 aliphatic rings. The Morgan fingerprint density at radius 3 is 2.65 bits per heavy atom. The summed E-state index contributed by atoms with van der Waals surface area (Å²) < 4.78 is 4.90. The van der Waals surface area contributed by atoms with Crippen LogP contribution < -0.4 is 10.2 Å². The van der Waals surface area contributed by atoms with Gasteiger partial charge in [-0.05, 0) is 36.5 Å². The summed E-state index contributed by atoms with van der Waals surface area (Å²) in [5.41, 5.74) is 1.36. The van der Waals surface area contributed by atoms with Gasteiger partial charge in [0.25, 0.3) is 0 Å². The van der Waals surface area contributed by atoms with Gasteiger partial charge >= 0.3 is 0 Å². The molecule has 0 radical (unpaired) electrons. The molecule has 2 unspecified atom stereocenters. The molecule has 0 aliphatic heterocycles. The first-order valence-corrected chi connectivity index (χ1v) is 12.6. The highest BCUT2D eigenvalue weighted by Gasteiger charge is 2.28. The number of rotatable bonds is 11. The van der Waals surface area contributed by atoms with Crippen molar-refractivity contribution < 1.29 is 24.2 Å². The summed E-state index contributed by atoms with van der Waals surface area (Å²) in [5.74, 6) is 0.690. The van der Waals surface area contributed by atoms with Crippen LogP contribution >= 0.6 is 23.4 Å². The van der Waals surface area contributed by atoms with Crippen molar-refractivity contribution >= 4 is 34.4 Å². The van der Waals surface area contributed by atoms with Gasteiger partial charge in [0.2, 0.25) is 5.91 Å². The van der Waals surface area contributed by atoms with Gasteiger partial charge in [-0.2, -0.15) is 0 Å². The number of benzene rings is 1. The molecule has 7 nitrogen and oxygen atoms in total. The molecule has 1 saturated carbocycles. The van der Waals surface area contributed by atoms with Crippen molar-refractivity contribution in [3.8, 4) is 5.75 Å². The number of aryl methyl sites for hydroxylation is 1. The number of amides is 1. The fourth-order valence-electron chi connectivity index (χ4n) is 4.01. The Morgan fingerprint density at radius 1 is 1.32 bits per heavy atom. The Bertz CT molecular complexity index is 837. The Hall–Kier alpha value is -1.65. The molecule has 1 heterocycles. The maximum atomic E-state index is 13.3. The molecule has 2 atom stereocenters. The molecule has 3 N–H and O–H groups in total. The number of carbonyl (C=O) groups is 1. The number of aliphatic hydroxyl groups is 2. The average molecular weight is 467 g/mol. The van der Waals surface area contributed by atoms with E-state index in [9.17, 15) is 15.0 Å². The first-order chi connectivity index (χ1) is 15.0. The van der Waals surface area contributed by atoms with Crippen LogP contribution in [0.3, 0.4) is 0 Å². The summed E-state index contributed by atoms with van der Waals surface area (Å²) in [5, 5.41) is 22.7. The van der Waals surface area contributed by atoms with Crippen molar-refractivity contribution in [3.05, 3.63) is 40.4 Å². The number of nitrogens with zero attached hydrogens (tertiary/aromatic N) is 1. The van der Waals surface area contributed by atoms with Crippen LogP contribution in [0.2, 0.25) is 0 Å². The van der Waals surface area contributed by atoms with E-state index in [1.807, 2.05) is 19.1 Å². The lowest BCUT2D eigenvalue weighted by molar-refractivity contribution is -0.118. The summed E-state index contributed by atoms with van der Waals surface area (Å²) in [7, 11) is 0. The zero-order chi connectivity index (χ0) is 22.2. The van der Waals surface area contributed by atoms with Crippen molar-refractivity contribution in [2.75, 3.05) is 18.2 Å². The Labute approximate surface area is 191 Å². The lowest BCUT2D eigenvalue weighted by Crippen LogP contribution is -2.23. The topological polar surface area (TPSA) is 101 Å². The van der Waals surface area contributed by atoms with Crippen molar-refractivity contribution in [2.45, 2.75) is 57.5 Å². The number of aromatic nitrogens is 1. The van der Waals surface area contributed by atoms with Crippen LogP contribution in [0.15, 0.2) is 24.3 Å². The van der Waals surface area contributed by atoms with Crippen molar-refractivity contribution in [2.24, 2.45) is 5.92 Å². The van der Waals surface area contributed by atoms with Crippen LogP contribution in [0.25, 0.3) is 0 Å². The molecule has 1 amide bonds. The highest BCUT2D eigenvalue weighted by Crippen LogP contribution is 2.36. The fraction of sp³-hybridized carbons (Fsp3) is 0.545. The van der Waals surface area contributed by atoms with Gasteiger partial charge in [-0.3, -0.25) is 4.79 Å². The molecular weight excluding hydrogens is 436 g/mol. The van der Waals surface area contributed by atoms with E-state index in [0.29, 0.717) is 28.9 Å². The molecule has 2 aromatic rings. The lowest BCUT2D eigenvalue weighted by atomic mass is 9.87. The highest BCUT2D eigenvalue weighted by atomic mass is 32.2. The van der Waals surface area contributed by atoms with Gasteiger partial charge in [0.05, 0.1) is 18.2 Å². The molecule has 31 heavy (non-hydrogen) atoms. The van der Waals surface area contributed by atoms with Gasteiger partial charge in [0.1, 0.15) is 6.10 Å². The normalized spacial score (nSPS) is 16.3. The van der Waals surface area contributed by atoms with Gasteiger partial charge < -0.3 is 20.4 Å². The number of carbonyl (C=O) groups excluding carboxylic acids is 1. The number of thiazole rings is 1. The van der Waals surface area contributed by atoms with Crippen LogP contribution in [-0.4, -0.2) is 34.0 Å². The molecular formula is C22H30N2O5S2. The maximum Gasteiger partial charge on any atom is 0.233 e. The molecule has 1 aromatic heterocycles. The lowest BCUT2D eigenvalue weighted by Gasteiger charge is -2.20. The number of hydrogen-bond acceptors (Lipinski definition) is 8. The number of nitrogens with one attached hydrogen (secondary N) is 1. The zero-order valence-corrected chi connectivity index (χ0v) is 19.5. The van der Waals surface area contributed by atoms with Gasteiger partial charge in [-0.1, -0.05) is 44.7 Å². The molecule has 0 bridgehead atoms.